The number of halogens is 1. The van der Waals surface area contributed by atoms with Gasteiger partial charge in [-0.3, -0.25) is 9.69 Å². The molecule has 3 heterocycles. The lowest BCUT2D eigenvalue weighted by Gasteiger charge is -2.28. The van der Waals surface area contributed by atoms with Gasteiger partial charge in [-0.1, -0.05) is 35.9 Å². The second-order valence-electron chi connectivity index (χ2n) is 9.00. The van der Waals surface area contributed by atoms with Gasteiger partial charge in [-0.25, -0.2) is 9.07 Å². The Labute approximate surface area is 209 Å². The van der Waals surface area contributed by atoms with Gasteiger partial charge >= 0.3 is 0 Å². The molecule has 0 bridgehead atoms. The van der Waals surface area contributed by atoms with Gasteiger partial charge in [0, 0.05) is 38.2 Å². The standard InChI is InChI=1S/C28H29FN4OS/c1-3-32(28(34)27-5-4-16-35-27)19-25-24-18-31(17-21-8-10-22(29)11-9-21)15-14-26(24)33(30-25)23-12-6-20(2)7-13-23/h4-13,16H,3,14-15,17-19H2,1-2H3. The Kier molecular flexibility index (Phi) is 6.79. The molecule has 4 aromatic rings. The van der Waals surface area contributed by atoms with E-state index in [0.29, 0.717) is 13.1 Å². The number of fused-ring (bicyclic) bond motifs is 1. The first-order valence-electron chi connectivity index (χ1n) is 12.0. The van der Waals surface area contributed by atoms with Crippen molar-refractivity contribution in [2.24, 2.45) is 0 Å². The van der Waals surface area contributed by atoms with Crippen molar-refractivity contribution in [2.75, 3.05) is 13.1 Å². The van der Waals surface area contributed by atoms with Gasteiger partial charge in [0.2, 0.25) is 0 Å². The monoisotopic (exact) mass is 488 g/mol. The number of benzene rings is 2. The Morgan fingerprint density at radius 1 is 1.11 bits per heavy atom. The molecule has 0 aliphatic carbocycles. The molecule has 35 heavy (non-hydrogen) atoms. The summed E-state index contributed by atoms with van der Waals surface area (Å²) in [5.41, 5.74) is 6.67. The second kappa shape index (κ2) is 10.1. The van der Waals surface area contributed by atoms with Crippen LogP contribution in [0.1, 0.15) is 44.7 Å². The van der Waals surface area contributed by atoms with Crippen LogP contribution in [0.2, 0.25) is 0 Å². The van der Waals surface area contributed by atoms with E-state index in [-0.39, 0.29) is 11.7 Å². The van der Waals surface area contributed by atoms with Gasteiger partial charge in [0.05, 0.1) is 28.5 Å². The Hall–Kier alpha value is -3.29. The van der Waals surface area contributed by atoms with Gasteiger partial charge in [-0.05, 0) is 55.1 Å². The largest absolute Gasteiger partial charge is 0.332 e. The van der Waals surface area contributed by atoms with Gasteiger partial charge in [-0.2, -0.15) is 5.10 Å². The van der Waals surface area contributed by atoms with Gasteiger partial charge in [0.1, 0.15) is 5.82 Å². The molecule has 1 amide bonds. The lowest BCUT2D eigenvalue weighted by atomic mass is 10.0. The number of nitrogens with zero attached hydrogens (tertiary/aromatic N) is 4. The summed E-state index contributed by atoms with van der Waals surface area (Å²) in [6, 6.07) is 18.9. The lowest BCUT2D eigenvalue weighted by molar-refractivity contribution is 0.0754. The first-order chi connectivity index (χ1) is 17.0. The van der Waals surface area contributed by atoms with Crippen molar-refractivity contribution < 1.29 is 9.18 Å². The van der Waals surface area contributed by atoms with Crippen LogP contribution in [-0.4, -0.2) is 38.6 Å². The highest BCUT2D eigenvalue weighted by Gasteiger charge is 2.27. The van der Waals surface area contributed by atoms with Gasteiger partial charge in [0.25, 0.3) is 5.91 Å². The normalized spacial score (nSPS) is 13.6. The molecule has 0 fully saturated rings. The minimum Gasteiger partial charge on any atom is -0.332 e. The average molecular weight is 489 g/mol. The van der Waals surface area contributed by atoms with Crippen LogP contribution in [0, 0.1) is 12.7 Å². The van der Waals surface area contributed by atoms with Crippen LogP contribution < -0.4 is 0 Å². The zero-order valence-electron chi connectivity index (χ0n) is 20.1. The molecule has 0 spiro atoms. The van der Waals surface area contributed by atoms with E-state index in [0.717, 1.165) is 47.9 Å². The van der Waals surface area contributed by atoms with Gasteiger partial charge < -0.3 is 4.90 Å². The summed E-state index contributed by atoms with van der Waals surface area (Å²) in [7, 11) is 0. The molecule has 5 rings (SSSR count). The quantitative estimate of drug-likeness (QED) is 0.340. The van der Waals surface area contributed by atoms with Crippen molar-refractivity contribution in [2.45, 2.75) is 39.9 Å². The maximum Gasteiger partial charge on any atom is 0.264 e. The molecule has 1 aliphatic heterocycles. The molecule has 2 aromatic carbocycles. The van der Waals surface area contributed by atoms with E-state index in [1.165, 1.54) is 40.3 Å². The fourth-order valence-electron chi connectivity index (χ4n) is 4.62. The summed E-state index contributed by atoms with van der Waals surface area (Å²) in [6.45, 7) is 7.57. The Bertz CT molecular complexity index is 1300. The van der Waals surface area contributed by atoms with Gasteiger partial charge in [-0.15, -0.1) is 11.3 Å². The van der Waals surface area contributed by atoms with E-state index in [9.17, 15) is 9.18 Å². The van der Waals surface area contributed by atoms with Crippen LogP contribution in [0.4, 0.5) is 4.39 Å². The second-order valence-corrected chi connectivity index (χ2v) is 9.95. The van der Waals surface area contributed by atoms with Crippen molar-refractivity contribution in [1.82, 2.24) is 19.6 Å². The maximum absolute atomic E-state index is 13.4. The number of thiophene rings is 1. The molecule has 0 unspecified atom stereocenters. The fourth-order valence-corrected chi connectivity index (χ4v) is 5.31. The van der Waals surface area contributed by atoms with Crippen molar-refractivity contribution in [1.29, 1.82) is 0 Å². The first kappa shape index (κ1) is 23.5. The minimum absolute atomic E-state index is 0.0418. The van der Waals surface area contributed by atoms with Crippen LogP contribution in [0.15, 0.2) is 66.0 Å². The van der Waals surface area contributed by atoms with E-state index in [1.807, 2.05) is 41.5 Å². The SMILES string of the molecule is CCN(Cc1nn(-c2ccc(C)cc2)c2c1CN(Cc1ccc(F)cc1)CC2)C(=O)c1cccs1. The summed E-state index contributed by atoms with van der Waals surface area (Å²) >= 11 is 1.47. The molecule has 5 nitrogen and oxygen atoms in total. The first-order valence-corrected chi connectivity index (χ1v) is 12.9. The van der Waals surface area contributed by atoms with Crippen molar-refractivity contribution >= 4 is 17.2 Å². The molecular weight excluding hydrogens is 459 g/mol. The number of carbonyl (C=O) groups is 1. The van der Waals surface area contributed by atoms with Gasteiger partial charge in [0.15, 0.2) is 0 Å². The summed E-state index contributed by atoms with van der Waals surface area (Å²) in [4.78, 5) is 18.1. The third-order valence-electron chi connectivity index (χ3n) is 6.56. The molecule has 0 radical (unpaired) electrons. The zero-order valence-corrected chi connectivity index (χ0v) is 20.9. The number of hydrogen-bond donors (Lipinski definition) is 0. The van der Waals surface area contributed by atoms with Crippen molar-refractivity contribution in [3.8, 4) is 5.69 Å². The Morgan fingerprint density at radius 2 is 1.89 bits per heavy atom. The molecular formula is C28H29FN4OS. The lowest BCUT2D eigenvalue weighted by Crippen LogP contribution is -2.33. The van der Waals surface area contributed by atoms with Crippen molar-refractivity contribution in [3.05, 3.63) is 105 Å². The van der Waals surface area contributed by atoms with E-state index >= 15 is 0 Å². The molecule has 1 aliphatic rings. The number of carbonyl (C=O) groups excluding carboxylic acids is 1. The van der Waals surface area contributed by atoms with E-state index in [4.69, 9.17) is 5.10 Å². The number of aromatic nitrogens is 2. The van der Waals surface area contributed by atoms with Crippen LogP contribution >= 0.6 is 11.3 Å². The van der Waals surface area contributed by atoms with E-state index in [2.05, 4.69) is 40.8 Å². The minimum atomic E-state index is -0.216. The molecule has 2 aromatic heterocycles. The topological polar surface area (TPSA) is 41.4 Å². The van der Waals surface area contributed by atoms with Crippen LogP contribution in [-0.2, 0) is 26.1 Å². The third kappa shape index (κ3) is 5.06. The number of hydrogen-bond acceptors (Lipinski definition) is 4. The molecule has 0 saturated heterocycles. The maximum atomic E-state index is 13.4. The molecule has 0 N–H and O–H groups in total. The highest BCUT2D eigenvalue weighted by atomic mass is 32.1. The predicted molar refractivity (Wildman–Crippen MR) is 137 cm³/mol. The summed E-state index contributed by atoms with van der Waals surface area (Å²) in [5, 5.41) is 6.98. The number of amides is 1. The third-order valence-corrected chi connectivity index (χ3v) is 7.42. The molecule has 0 atom stereocenters. The Balaban J connectivity index is 1.46. The average Bonchev–Trinajstić information content (AvgIpc) is 3.53. The number of aryl methyl sites for hydroxylation is 1. The predicted octanol–water partition coefficient (Wildman–Crippen LogP) is 5.60. The molecule has 180 valence electrons. The highest BCUT2D eigenvalue weighted by molar-refractivity contribution is 7.12. The van der Waals surface area contributed by atoms with E-state index < -0.39 is 0 Å². The van der Waals surface area contributed by atoms with Crippen molar-refractivity contribution in [3.63, 3.8) is 0 Å². The Morgan fingerprint density at radius 3 is 2.57 bits per heavy atom. The number of rotatable bonds is 7. The smallest absolute Gasteiger partial charge is 0.264 e. The molecule has 7 heteroatoms. The van der Waals surface area contributed by atoms with Crippen LogP contribution in [0.25, 0.3) is 5.69 Å². The fraction of sp³-hybridized carbons (Fsp3) is 0.286. The summed E-state index contributed by atoms with van der Waals surface area (Å²) in [5.74, 6) is -0.175. The summed E-state index contributed by atoms with van der Waals surface area (Å²) in [6.07, 6.45) is 0.863. The zero-order chi connectivity index (χ0) is 24.4. The highest BCUT2D eigenvalue weighted by Crippen LogP contribution is 2.28. The van der Waals surface area contributed by atoms with E-state index in [1.54, 1.807) is 0 Å². The molecule has 0 saturated carbocycles. The van der Waals surface area contributed by atoms with Crippen LogP contribution in [0.5, 0.6) is 0 Å². The van der Waals surface area contributed by atoms with Crippen LogP contribution in [0.3, 0.4) is 0 Å². The summed E-state index contributed by atoms with van der Waals surface area (Å²) < 4.78 is 15.4.